The van der Waals surface area contributed by atoms with Gasteiger partial charge in [-0.1, -0.05) is 12.1 Å². The molecule has 1 saturated heterocycles. The number of carbonyl (C=O) groups is 2. The van der Waals surface area contributed by atoms with Gasteiger partial charge in [0.2, 0.25) is 21.8 Å². The van der Waals surface area contributed by atoms with Crippen molar-refractivity contribution in [3.8, 4) is 6.07 Å². The fourth-order valence-electron chi connectivity index (χ4n) is 3.37. The predicted molar refractivity (Wildman–Crippen MR) is 113 cm³/mol. The van der Waals surface area contributed by atoms with Gasteiger partial charge in [0.1, 0.15) is 17.4 Å². The molecule has 0 saturated carbocycles. The average molecular weight is 445 g/mol. The Labute approximate surface area is 181 Å². The van der Waals surface area contributed by atoms with Gasteiger partial charge in [-0.15, -0.1) is 0 Å². The lowest BCUT2D eigenvalue weighted by molar-refractivity contribution is -0.117. The maximum Gasteiger partial charge on any atom is 0.243 e. The highest BCUT2D eigenvalue weighted by Crippen LogP contribution is 2.25. The summed E-state index contributed by atoms with van der Waals surface area (Å²) < 4.78 is 32.6. The average Bonchev–Trinajstić information content (AvgIpc) is 3.00. The number of piperazine rings is 1. The smallest absolute Gasteiger partial charge is 0.243 e. The lowest BCUT2D eigenvalue weighted by Crippen LogP contribution is -2.50. The highest BCUT2D eigenvalue weighted by atomic mass is 32.2. The maximum atomic E-state index is 12.9. The number of rotatable bonds is 6. The summed E-state index contributed by atoms with van der Waals surface area (Å²) >= 11 is 0. The Hall–Kier alpha value is -3.00. The summed E-state index contributed by atoms with van der Waals surface area (Å²) in [4.78, 5) is 25.9. The van der Waals surface area contributed by atoms with Crippen LogP contribution in [0.4, 0.5) is 5.88 Å². The molecule has 1 amide bonds. The van der Waals surface area contributed by atoms with Gasteiger partial charge in [-0.3, -0.25) is 19.8 Å². The van der Waals surface area contributed by atoms with E-state index in [4.69, 9.17) is 4.42 Å². The fourth-order valence-corrected chi connectivity index (χ4v) is 4.84. The number of sulfonamides is 1. The Morgan fingerprint density at radius 2 is 1.87 bits per heavy atom. The summed E-state index contributed by atoms with van der Waals surface area (Å²) in [5.74, 6) is 0.165. The van der Waals surface area contributed by atoms with E-state index in [1.165, 1.54) is 23.4 Å². The van der Waals surface area contributed by atoms with E-state index in [1.54, 1.807) is 26.0 Å². The van der Waals surface area contributed by atoms with Crippen LogP contribution in [0.5, 0.6) is 0 Å². The van der Waals surface area contributed by atoms with E-state index in [0.29, 0.717) is 35.5 Å². The second-order valence-electron chi connectivity index (χ2n) is 7.41. The molecule has 31 heavy (non-hydrogen) atoms. The third kappa shape index (κ3) is 4.85. The molecule has 1 N–H and O–H groups in total. The van der Waals surface area contributed by atoms with E-state index < -0.39 is 10.0 Å². The number of hydrogen-bond donors (Lipinski definition) is 1. The van der Waals surface area contributed by atoms with E-state index in [9.17, 15) is 23.3 Å². The molecular formula is C21H24N4O5S. The number of hydrogen-bond acceptors (Lipinski definition) is 7. The minimum absolute atomic E-state index is 0.0529. The van der Waals surface area contributed by atoms with Crippen molar-refractivity contribution in [3.63, 3.8) is 0 Å². The fraction of sp³-hybridized carbons (Fsp3) is 0.381. The number of amides is 1. The topological polar surface area (TPSA) is 124 Å². The second kappa shape index (κ2) is 9.01. The van der Waals surface area contributed by atoms with E-state index in [-0.39, 0.29) is 42.1 Å². The second-order valence-corrected chi connectivity index (χ2v) is 9.35. The van der Waals surface area contributed by atoms with E-state index in [0.717, 1.165) is 0 Å². The number of nitrogens with one attached hydrogen (secondary N) is 1. The largest absolute Gasteiger partial charge is 0.444 e. The van der Waals surface area contributed by atoms with Gasteiger partial charge in [0.25, 0.3) is 0 Å². The highest BCUT2D eigenvalue weighted by molar-refractivity contribution is 7.89. The Kier molecular flexibility index (Phi) is 6.59. The van der Waals surface area contributed by atoms with Gasteiger partial charge in [-0.25, -0.2) is 8.42 Å². The summed E-state index contributed by atoms with van der Waals surface area (Å²) in [6.45, 7) is 6.11. The molecule has 10 heteroatoms. The molecule has 1 aromatic carbocycles. The van der Waals surface area contributed by atoms with Crippen molar-refractivity contribution in [3.05, 3.63) is 46.7 Å². The zero-order valence-corrected chi connectivity index (χ0v) is 18.5. The summed E-state index contributed by atoms with van der Waals surface area (Å²) in [6, 6.07) is 8.02. The third-order valence-electron chi connectivity index (χ3n) is 5.33. The number of nitriles is 1. The van der Waals surface area contributed by atoms with Gasteiger partial charge < -0.3 is 4.42 Å². The summed E-state index contributed by atoms with van der Waals surface area (Å²) in [6.07, 6.45) is 0. The lowest BCUT2D eigenvalue weighted by Gasteiger charge is -2.33. The highest BCUT2D eigenvalue weighted by Gasteiger charge is 2.29. The Balaban J connectivity index is 1.60. The van der Waals surface area contributed by atoms with Crippen molar-refractivity contribution in [1.82, 2.24) is 9.21 Å². The predicted octanol–water partition coefficient (Wildman–Crippen LogP) is 1.92. The van der Waals surface area contributed by atoms with Crippen molar-refractivity contribution in [2.24, 2.45) is 0 Å². The van der Waals surface area contributed by atoms with Crippen LogP contribution in [0.2, 0.25) is 0 Å². The molecule has 0 aliphatic carbocycles. The number of furan rings is 1. The van der Waals surface area contributed by atoms with Crippen LogP contribution in [0.15, 0.2) is 33.6 Å². The molecule has 0 radical (unpaired) electrons. The standard InChI is InChI=1S/C21H24N4O5S/c1-14-16(3)30-21(19(14)12-22)23-20(27)13-24-7-9-25(10-8-24)31(28,29)18-6-4-5-17(11-18)15(2)26/h4-6,11H,7-10,13H2,1-3H3,(H,23,27). The Morgan fingerprint density at radius 3 is 2.48 bits per heavy atom. The molecule has 1 aromatic heterocycles. The summed E-state index contributed by atoms with van der Waals surface area (Å²) in [7, 11) is -3.73. The minimum atomic E-state index is -3.73. The van der Waals surface area contributed by atoms with E-state index in [1.807, 2.05) is 11.0 Å². The molecule has 9 nitrogen and oxygen atoms in total. The van der Waals surface area contributed by atoms with Crippen molar-refractivity contribution in [2.75, 3.05) is 38.0 Å². The first-order valence-electron chi connectivity index (χ1n) is 9.77. The van der Waals surface area contributed by atoms with Crippen molar-refractivity contribution < 1.29 is 22.4 Å². The van der Waals surface area contributed by atoms with E-state index >= 15 is 0 Å². The van der Waals surface area contributed by atoms with Crippen molar-refractivity contribution in [2.45, 2.75) is 25.7 Å². The van der Waals surface area contributed by atoms with Crippen LogP contribution in [-0.4, -0.2) is 62.0 Å². The van der Waals surface area contributed by atoms with Crippen LogP contribution in [-0.2, 0) is 14.8 Å². The molecule has 1 aliphatic heterocycles. The minimum Gasteiger partial charge on any atom is -0.444 e. The quantitative estimate of drug-likeness (QED) is 0.675. The monoisotopic (exact) mass is 444 g/mol. The van der Waals surface area contributed by atoms with Crippen LogP contribution in [0.25, 0.3) is 0 Å². The van der Waals surface area contributed by atoms with Crippen molar-refractivity contribution in [1.29, 1.82) is 5.26 Å². The number of nitrogens with zero attached hydrogens (tertiary/aromatic N) is 3. The van der Waals surface area contributed by atoms with Gasteiger partial charge in [0.05, 0.1) is 11.4 Å². The molecule has 164 valence electrons. The Morgan fingerprint density at radius 1 is 1.19 bits per heavy atom. The molecule has 0 spiro atoms. The number of ketones is 1. The zero-order chi connectivity index (χ0) is 22.8. The first kappa shape index (κ1) is 22.7. The molecule has 0 atom stereocenters. The Bertz CT molecular complexity index is 1150. The first-order valence-corrected chi connectivity index (χ1v) is 11.2. The van der Waals surface area contributed by atoms with Crippen LogP contribution >= 0.6 is 0 Å². The summed E-state index contributed by atoms with van der Waals surface area (Å²) in [5.41, 5.74) is 1.33. The van der Waals surface area contributed by atoms with Gasteiger partial charge in [-0.05, 0) is 32.9 Å². The van der Waals surface area contributed by atoms with Gasteiger partial charge >= 0.3 is 0 Å². The van der Waals surface area contributed by atoms with Gasteiger partial charge in [-0.2, -0.15) is 9.57 Å². The SMILES string of the molecule is CC(=O)c1cccc(S(=O)(=O)N2CCN(CC(=O)Nc3oc(C)c(C)c3C#N)CC2)c1. The molecule has 0 bridgehead atoms. The number of benzene rings is 1. The van der Waals surface area contributed by atoms with Crippen molar-refractivity contribution >= 4 is 27.6 Å². The van der Waals surface area contributed by atoms with Gasteiger partial charge in [0.15, 0.2) is 5.78 Å². The zero-order valence-electron chi connectivity index (χ0n) is 17.6. The third-order valence-corrected chi connectivity index (χ3v) is 7.22. The first-order chi connectivity index (χ1) is 14.6. The normalized spacial score (nSPS) is 15.4. The lowest BCUT2D eigenvalue weighted by atomic mass is 10.2. The van der Waals surface area contributed by atoms with Crippen LogP contribution in [0, 0.1) is 25.2 Å². The molecular weight excluding hydrogens is 420 g/mol. The van der Waals surface area contributed by atoms with E-state index in [2.05, 4.69) is 5.32 Å². The molecule has 3 rings (SSSR count). The maximum absolute atomic E-state index is 12.9. The van der Waals surface area contributed by atoms with Crippen LogP contribution in [0.3, 0.4) is 0 Å². The number of carbonyl (C=O) groups excluding carboxylic acids is 2. The number of anilines is 1. The van der Waals surface area contributed by atoms with Crippen LogP contribution < -0.4 is 5.32 Å². The molecule has 2 heterocycles. The van der Waals surface area contributed by atoms with Crippen LogP contribution in [0.1, 0.15) is 34.2 Å². The molecule has 0 unspecified atom stereocenters. The summed E-state index contributed by atoms with van der Waals surface area (Å²) in [5, 5.41) is 11.9. The molecule has 1 fully saturated rings. The molecule has 1 aliphatic rings. The number of Topliss-reactive ketones (excluding diaryl/α,β-unsaturated/α-hetero) is 1. The number of aryl methyl sites for hydroxylation is 1. The van der Waals surface area contributed by atoms with Gasteiger partial charge in [0, 0.05) is 37.3 Å². The molecule has 2 aromatic rings.